The molecule has 24 heavy (non-hydrogen) atoms. The summed E-state index contributed by atoms with van der Waals surface area (Å²) < 4.78 is 0. The van der Waals surface area contributed by atoms with Crippen molar-refractivity contribution in [1.82, 2.24) is 0 Å². The Kier molecular flexibility index (Phi) is 6.31. The fraction of sp³-hybridized carbons (Fsp3) is 0.478. The Hall–Kier alpha value is -1.34. The zero-order chi connectivity index (χ0) is 16.8. The van der Waals surface area contributed by atoms with Crippen LogP contribution >= 0.6 is 12.6 Å². The lowest BCUT2D eigenvalue weighted by atomic mass is 9.75. The third-order valence-electron chi connectivity index (χ3n) is 5.63. The third kappa shape index (κ3) is 4.39. The Morgan fingerprint density at radius 3 is 2.29 bits per heavy atom. The molecular weight excluding hydrogens is 308 g/mol. The van der Waals surface area contributed by atoms with Crippen molar-refractivity contribution in [3.8, 4) is 11.1 Å². The molecule has 1 aliphatic carbocycles. The molecule has 0 nitrogen and oxygen atoms in total. The van der Waals surface area contributed by atoms with E-state index in [1.54, 1.807) is 5.56 Å². The molecule has 127 valence electrons. The number of hydrogen-bond donors (Lipinski definition) is 0. The van der Waals surface area contributed by atoms with Gasteiger partial charge in [0.05, 0.1) is 0 Å². The van der Waals surface area contributed by atoms with Gasteiger partial charge >= 0.3 is 0 Å². The lowest BCUT2D eigenvalue weighted by molar-refractivity contribution is 0.303. The Labute approximate surface area is 153 Å². The molecule has 2 aromatic carbocycles. The summed E-state index contributed by atoms with van der Waals surface area (Å²) in [6.45, 7) is 2.30. The first-order chi connectivity index (χ1) is 11.8. The second-order valence-electron chi connectivity index (χ2n) is 7.33. The van der Waals surface area contributed by atoms with Crippen molar-refractivity contribution >= 4 is 12.6 Å². The quantitative estimate of drug-likeness (QED) is 0.472. The highest BCUT2D eigenvalue weighted by atomic mass is 32.1. The van der Waals surface area contributed by atoms with Crippen LogP contribution < -0.4 is 0 Å². The van der Waals surface area contributed by atoms with E-state index in [1.807, 2.05) is 12.1 Å². The molecule has 1 fully saturated rings. The molecule has 0 spiro atoms. The summed E-state index contributed by atoms with van der Waals surface area (Å²) in [6.07, 6.45) is 11.1. The van der Waals surface area contributed by atoms with Gasteiger partial charge in [-0.1, -0.05) is 81.6 Å². The van der Waals surface area contributed by atoms with Gasteiger partial charge in [-0.25, -0.2) is 0 Å². The van der Waals surface area contributed by atoms with Crippen LogP contribution in [0.3, 0.4) is 0 Å². The van der Waals surface area contributed by atoms with Gasteiger partial charge in [-0.15, -0.1) is 0 Å². The van der Waals surface area contributed by atoms with E-state index < -0.39 is 0 Å². The minimum Gasteiger partial charge on any atom is -0.0801 e. The SMILES string of the molecule is CCCCCC1CCC(c2ccccc2-c2ccc([S])cc2)CC1. The number of benzene rings is 2. The fourth-order valence-electron chi connectivity index (χ4n) is 4.20. The van der Waals surface area contributed by atoms with Crippen molar-refractivity contribution in [2.75, 3.05) is 0 Å². The molecule has 0 heterocycles. The molecule has 0 bridgehead atoms. The summed E-state index contributed by atoms with van der Waals surface area (Å²) >= 11 is 5.24. The Morgan fingerprint density at radius 2 is 1.58 bits per heavy atom. The van der Waals surface area contributed by atoms with Crippen LogP contribution in [0.25, 0.3) is 11.1 Å². The van der Waals surface area contributed by atoms with E-state index in [0.29, 0.717) is 0 Å². The van der Waals surface area contributed by atoms with Crippen molar-refractivity contribution < 1.29 is 0 Å². The molecule has 0 aliphatic heterocycles. The second-order valence-corrected chi connectivity index (χ2v) is 7.80. The van der Waals surface area contributed by atoms with Gasteiger partial charge in [0, 0.05) is 4.90 Å². The number of rotatable bonds is 6. The van der Waals surface area contributed by atoms with Gasteiger partial charge in [0.2, 0.25) is 0 Å². The fourth-order valence-corrected chi connectivity index (χ4v) is 4.33. The highest BCUT2D eigenvalue weighted by Gasteiger charge is 2.23. The molecule has 1 heteroatoms. The zero-order valence-electron chi connectivity index (χ0n) is 14.8. The number of hydrogen-bond acceptors (Lipinski definition) is 0. The van der Waals surface area contributed by atoms with Gasteiger partial charge in [-0.3, -0.25) is 0 Å². The van der Waals surface area contributed by atoms with Crippen LogP contribution in [0.5, 0.6) is 0 Å². The van der Waals surface area contributed by atoms with E-state index in [-0.39, 0.29) is 0 Å². The van der Waals surface area contributed by atoms with Crippen LogP contribution in [0.2, 0.25) is 0 Å². The van der Waals surface area contributed by atoms with E-state index >= 15 is 0 Å². The lowest BCUT2D eigenvalue weighted by Crippen LogP contribution is -2.14. The normalized spacial score (nSPS) is 20.9. The van der Waals surface area contributed by atoms with Gasteiger partial charge in [0.1, 0.15) is 0 Å². The first kappa shape index (κ1) is 17.5. The van der Waals surface area contributed by atoms with Gasteiger partial charge in [0.25, 0.3) is 0 Å². The molecule has 0 unspecified atom stereocenters. The maximum Gasteiger partial charge on any atom is 0.0377 e. The topological polar surface area (TPSA) is 0 Å². The third-order valence-corrected chi connectivity index (χ3v) is 5.90. The van der Waals surface area contributed by atoms with Gasteiger partial charge in [-0.2, -0.15) is 0 Å². The van der Waals surface area contributed by atoms with Crippen molar-refractivity contribution in [2.45, 2.75) is 69.1 Å². The molecule has 0 saturated heterocycles. The van der Waals surface area contributed by atoms with E-state index in [4.69, 9.17) is 12.6 Å². The van der Waals surface area contributed by atoms with Crippen LogP contribution in [0.1, 0.15) is 69.8 Å². The maximum atomic E-state index is 5.24. The standard InChI is InChI=1S/C23H29S/c1-2-3-4-7-18-10-12-19(13-11-18)22-8-5-6-9-23(22)20-14-16-21(24)17-15-20/h5-6,8-9,14-19H,2-4,7,10-13H2,1H3. The maximum absolute atomic E-state index is 5.24. The smallest absolute Gasteiger partial charge is 0.0377 e. The summed E-state index contributed by atoms with van der Waals surface area (Å²) in [5.41, 5.74) is 4.26. The van der Waals surface area contributed by atoms with Gasteiger partial charge in [-0.05, 0) is 66.3 Å². The monoisotopic (exact) mass is 337 g/mol. The van der Waals surface area contributed by atoms with Gasteiger partial charge < -0.3 is 0 Å². The first-order valence-corrected chi connectivity index (χ1v) is 10.0. The molecule has 0 aromatic heterocycles. The van der Waals surface area contributed by atoms with Crippen molar-refractivity contribution in [2.24, 2.45) is 5.92 Å². The number of unbranched alkanes of at least 4 members (excludes halogenated alkanes) is 2. The highest BCUT2D eigenvalue weighted by molar-refractivity contribution is 7.80. The summed E-state index contributed by atoms with van der Waals surface area (Å²) in [7, 11) is 0. The van der Waals surface area contributed by atoms with Crippen LogP contribution in [0, 0.1) is 5.92 Å². The van der Waals surface area contributed by atoms with E-state index in [9.17, 15) is 0 Å². The minimum atomic E-state index is 0.729. The average Bonchev–Trinajstić information content (AvgIpc) is 2.63. The largest absolute Gasteiger partial charge is 0.0801 e. The lowest BCUT2D eigenvalue weighted by Gasteiger charge is -2.30. The van der Waals surface area contributed by atoms with Crippen molar-refractivity contribution in [1.29, 1.82) is 0 Å². The molecule has 0 N–H and O–H groups in total. The zero-order valence-corrected chi connectivity index (χ0v) is 15.7. The van der Waals surface area contributed by atoms with Crippen molar-refractivity contribution in [3.63, 3.8) is 0 Å². The van der Waals surface area contributed by atoms with Crippen LogP contribution in [-0.2, 0) is 0 Å². The highest BCUT2D eigenvalue weighted by Crippen LogP contribution is 2.41. The first-order valence-electron chi connectivity index (χ1n) is 9.64. The summed E-state index contributed by atoms with van der Waals surface area (Å²) in [6, 6.07) is 17.4. The summed E-state index contributed by atoms with van der Waals surface area (Å²) in [5.74, 6) is 1.70. The molecule has 2 aromatic rings. The van der Waals surface area contributed by atoms with Gasteiger partial charge in [0.15, 0.2) is 0 Å². The molecule has 1 radical (unpaired) electrons. The molecule has 0 amide bonds. The summed E-state index contributed by atoms with van der Waals surface area (Å²) in [5, 5.41) is 0. The van der Waals surface area contributed by atoms with E-state index in [2.05, 4.69) is 43.3 Å². The Morgan fingerprint density at radius 1 is 0.875 bits per heavy atom. The average molecular weight is 338 g/mol. The molecule has 1 aliphatic rings. The minimum absolute atomic E-state index is 0.729. The molecule has 0 atom stereocenters. The van der Waals surface area contributed by atoms with Crippen molar-refractivity contribution in [3.05, 3.63) is 54.1 Å². The van der Waals surface area contributed by atoms with Crippen LogP contribution in [0.4, 0.5) is 0 Å². The van der Waals surface area contributed by atoms with E-state index in [0.717, 1.165) is 16.7 Å². The molecule has 1 saturated carbocycles. The predicted molar refractivity (Wildman–Crippen MR) is 107 cm³/mol. The Bertz CT molecular complexity index is 621. The predicted octanol–water partition coefficient (Wildman–Crippen LogP) is 7.76. The van der Waals surface area contributed by atoms with Crippen LogP contribution in [0.15, 0.2) is 53.4 Å². The molecular formula is C23H29S. The Balaban J connectivity index is 1.69. The molecule has 3 rings (SSSR count). The van der Waals surface area contributed by atoms with E-state index in [1.165, 1.54) is 62.5 Å². The second kappa shape index (κ2) is 8.67. The summed E-state index contributed by atoms with van der Waals surface area (Å²) in [4.78, 5) is 0.920. The van der Waals surface area contributed by atoms with Crippen LogP contribution in [-0.4, -0.2) is 0 Å².